The molecule has 0 aliphatic rings. The number of carbonyl (C=O) groups is 1. The van der Waals surface area contributed by atoms with E-state index in [1.807, 2.05) is 30.3 Å². The predicted molar refractivity (Wildman–Crippen MR) is 115 cm³/mol. The molecule has 1 aromatic rings. The Morgan fingerprint density at radius 2 is 1.26 bits per heavy atom. The fourth-order valence-electron chi connectivity index (χ4n) is 3.21. The molecular weight excluding hydrogens is 334 g/mol. The van der Waals surface area contributed by atoms with Crippen LogP contribution in [0, 0.1) is 0 Å². The summed E-state index contributed by atoms with van der Waals surface area (Å²) in [6.45, 7) is 4.53. The molecule has 0 aliphatic carbocycles. The lowest BCUT2D eigenvalue weighted by Gasteiger charge is -2.06. The Morgan fingerprint density at radius 3 is 1.85 bits per heavy atom. The Bertz CT molecular complexity index is 447. The van der Waals surface area contributed by atoms with Crippen LogP contribution in [0.4, 0.5) is 0 Å². The van der Waals surface area contributed by atoms with Crippen molar-refractivity contribution in [2.75, 3.05) is 19.8 Å². The van der Waals surface area contributed by atoms with Gasteiger partial charge in [0.25, 0.3) is 5.91 Å². The first-order chi connectivity index (χ1) is 13.3. The van der Waals surface area contributed by atoms with Crippen molar-refractivity contribution in [1.82, 2.24) is 5.32 Å². The van der Waals surface area contributed by atoms with Crippen LogP contribution in [0.3, 0.4) is 0 Å². The van der Waals surface area contributed by atoms with Crippen LogP contribution in [0.25, 0.3) is 0 Å². The average molecular weight is 376 g/mol. The van der Waals surface area contributed by atoms with Crippen molar-refractivity contribution >= 4 is 5.91 Å². The lowest BCUT2D eigenvalue weighted by Crippen LogP contribution is -2.25. The van der Waals surface area contributed by atoms with Crippen molar-refractivity contribution < 1.29 is 9.53 Å². The monoisotopic (exact) mass is 375 g/mol. The van der Waals surface area contributed by atoms with E-state index >= 15 is 0 Å². The number of hydrogen-bond acceptors (Lipinski definition) is 2. The Balaban J connectivity index is 1.75. The van der Waals surface area contributed by atoms with Crippen molar-refractivity contribution in [1.29, 1.82) is 0 Å². The zero-order valence-electron chi connectivity index (χ0n) is 17.5. The Kier molecular flexibility index (Phi) is 15.8. The fraction of sp³-hybridized carbons (Fsp3) is 0.708. The molecule has 1 aromatic carbocycles. The molecule has 0 heterocycles. The van der Waals surface area contributed by atoms with E-state index < -0.39 is 0 Å². The second-order valence-corrected chi connectivity index (χ2v) is 7.48. The SMILES string of the molecule is CCCCCCCCCCCCCCOCCCNC(=O)c1ccccc1. The maximum absolute atomic E-state index is 11.9. The number of benzene rings is 1. The van der Waals surface area contributed by atoms with Gasteiger partial charge in [-0.2, -0.15) is 0 Å². The second-order valence-electron chi connectivity index (χ2n) is 7.48. The van der Waals surface area contributed by atoms with E-state index in [1.165, 1.54) is 70.6 Å². The van der Waals surface area contributed by atoms with Crippen LogP contribution in [0.15, 0.2) is 30.3 Å². The van der Waals surface area contributed by atoms with E-state index in [9.17, 15) is 4.79 Å². The van der Waals surface area contributed by atoms with Crippen LogP contribution in [-0.2, 0) is 4.74 Å². The molecule has 1 rings (SSSR count). The number of nitrogens with one attached hydrogen (secondary N) is 1. The van der Waals surface area contributed by atoms with E-state index in [4.69, 9.17) is 4.74 Å². The first kappa shape index (κ1) is 23.7. The van der Waals surface area contributed by atoms with Crippen molar-refractivity contribution in [3.8, 4) is 0 Å². The van der Waals surface area contributed by atoms with Gasteiger partial charge in [0.1, 0.15) is 0 Å². The van der Waals surface area contributed by atoms with Gasteiger partial charge >= 0.3 is 0 Å². The van der Waals surface area contributed by atoms with Gasteiger partial charge in [0.2, 0.25) is 0 Å². The van der Waals surface area contributed by atoms with Gasteiger partial charge in [0.15, 0.2) is 0 Å². The minimum atomic E-state index is -0.00319. The standard InChI is InChI=1S/C24H41NO2/c1-2-3-4-5-6-7-8-9-10-11-12-16-21-27-22-17-20-25-24(26)23-18-14-13-15-19-23/h13-15,18-19H,2-12,16-17,20-22H2,1H3,(H,25,26). The summed E-state index contributed by atoms with van der Waals surface area (Å²) in [5.41, 5.74) is 0.718. The van der Waals surface area contributed by atoms with Crippen LogP contribution in [-0.4, -0.2) is 25.7 Å². The average Bonchev–Trinajstić information content (AvgIpc) is 2.70. The first-order valence-electron chi connectivity index (χ1n) is 11.3. The maximum Gasteiger partial charge on any atom is 0.251 e. The lowest BCUT2D eigenvalue weighted by atomic mass is 10.1. The summed E-state index contributed by atoms with van der Waals surface area (Å²) in [6.07, 6.45) is 17.3. The van der Waals surface area contributed by atoms with E-state index in [1.54, 1.807) is 0 Å². The fourth-order valence-corrected chi connectivity index (χ4v) is 3.21. The van der Waals surface area contributed by atoms with Crippen LogP contribution in [0.2, 0.25) is 0 Å². The summed E-state index contributed by atoms with van der Waals surface area (Å²) < 4.78 is 5.66. The summed E-state index contributed by atoms with van der Waals surface area (Å²) in [6, 6.07) is 9.35. The first-order valence-corrected chi connectivity index (χ1v) is 11.3. The lowest BCUT2D eigenvalue weighted by molar-refractivity contribution is 0.0940. The van der Waals surface area contributed by atoms with Gasteiger partial charge in [-0.15, -0.1) is 0 Å². The van der Waals surface area contributed by atoms with Crippen molar-refractivity contribution in [3.05, 3.63) is 35.9 Å². The summed E-state index contributed by atoms with van der Waals surface area (Å²) in [5.74, 6) is -0.00319. The third-order valence-electron chi connectivity index (χ3n) is 4.93. The molecule has 1 amide bonds. The Labute approximate surface area is 167 Å². The smallest absolute Gasteiger partial charge is 0.251 e. The summed E-state index contributed by atoms with van der Waals surface area (Å²) >= 11 is 0. The number of amides is 1. The summed E-state index contributed by atoms with van der Waals surface area (Å²) in [7, 11) is 0. The molecule has 0 atom stereocenters. The molecule has 0 aliphatic heterocycles. The maximum atomic E-state index is 11.9. The quantitative estimate of drug-likeness (QED) is 0.296. The number of carbonyl (C=O) groups excluding carboxylic acids is 1. The zero-order valence-corrected chi connectivity index (χ0v) is 17.5. The van der Waals surface area contributed by atoms with Crippen LogP contribution < -0.4 is 5.32 Å². The van der Waals surface area contributed by atoms with Crippen LogP contribution in [0.5, 0.6) is 0 Å². The highest BCUT2D eigenvalue weighted by molar-refractivity contribution is 5.94. The van der Waals surface area contributed by atoms with E-state index in [0.717, 1.165) is 31.6 Å². The Hall–Kier alpha value is -1.35. The molecule has 3 heteroatoms. The highest BCUT2D eigenvalue weighted by Gasteiger charge is 2.02. The van der Waals surface area contributed by atoms with Gasteiger partial charge in [-0.3, -0.25) is 4.79 Å². The summed E-state index contributed by atoms with van der Waals surface area (Å²) in [4.78, 5) is 11.9. The largest absolute Gasteiger partial charge is 0.381 e. The molecule has 0 saturated carbocycles. The normalized spacial score (nSPS) is 10.9. The number of hydrogen-bond donors (Lipinski definition) is 1. The second kappa shape index (κ2) is 18.0. The summed E-state index contributed by atoms with van der Waals surface area (Å²) in [5, 5.41) is 2.93. The molecule has 0 unspecified atom stereocenters. The van der Waals surface area contributed by atoms with Crippen LogP contribution in [0.1, 0.15) is 101 Å². The van der Waals surface area contributed by atoms with Crippen LogP contribution >= 0.6 is 0 Å². The highest BCUT2D eigenvalue weighted by atomic mass is 16.5. The minimum absolute atomic E-state index is 0.00319. The third kappa shape index (κ3) is 14.4. The molecule has 0 radical (unpaired) electrons. The van der Waals surface area contributed by atoms with E-state index in [0.29, 0.717) is 6.54 Å². The number of rotatable bonds is 18. The Morgan fingerprint density at radius 1 is 0.741 bits per heavy atom. The predicted octanol–water partition coefficient (Wildman–Crippen LogP) is 6.52. The molecule has 1 N–H and O–H groups in total. The molecule has 0 aromatic heterocycles. The van der Waals surface area contributed by atoms with E-state index in [-0.39, 0.29) is 5.91 Å². The molecular formula is C24H41NO2. The molecule has 0 fully saturated rings. The molecule has 0 spiro atoms. The third-order valence-corrected chi connectivity index (χ3v) is 4.93. The van der Waals surface area contributed by atoms with Gasteiger partial charge in [0, 0.05) is 25.3 Å². The van der Waals surface area contributed by atoms with E-state index in [2.05, 4.69) is 12.2 Å². The molecule has 0 bridgehead atoms. The van der Waals surface area contributed by atoms with Gasteiger partial charge in [-0.1, -0.05) is 95.8 Å². The van der Waals surface area contributed by atoms with Crippen molar-refractivity contribution in [2.24, 2.45) is 0 Å². The molecule has 27 heavy (non-hydrogen) atoms. The minimum Gasteiger partial charge on any atom is -0.381 e. The molecule has 154 valence electrons. The highest BCUT2D eigenvalue weighted by Crippen LogP contribution is 2.11. The van der Waals surface area contributed by atoms with Crippen molar-refractivity contribution in [3.63, 3.8) is 0 Å². The van der Waals surface area contributed by atoms with Gasteiger partial charge in [0.05, 0.1) is 0 Å². The topological polar surface area (TPSA) is 38.3 Å². The zero-order chi connectivity index (χ0) is 19.4. The molecule has 3 nitrogen and oxygen atoms in total. The van der Waals surface area contributed by atoms with Gasteiger partial charge in [-0.25, -0.2) is 0 Å². The molecule has 0 saturated heterocycles. The van der Waals surface area contributed by atoms with Gasteiger partial charge < -0.3 is 10.1 Å². The van der Waals surface area contributed by atoms with Crippen molar-refractivity contribution in [2.45, 2.75) is 90.4 Å². The van der Waals surface area contributed by atoms with Gasteiger partial charge in [-0.05, 0) is 25.0 Å². The number of unbranched alkanes of at least 4 members (excludes halogenated alkanes) is 11. The number of ether oxygens (including phenoxy) is 1.